The van der Waals surface area contributed by atoms with Crippen molar-refractivity contribution in [2.75, 3.05) is 24.5 Å². The lowest BCUT2D eigenvalue weighted by Crippen LogP contribution is -2.28. The van der Waals surface area contributed by atoms with Crippen LogP contribution in [0, 0.1) is 11.6 Å². The average molecular weight is 451 g/mol. The number of nitrogens with zero attached hydrogens (tertiary/aromatic N) is 5. The van der Waals surface area contributed by atoms with Gasteiger partial charge >= 0.3 is 6.09 Å². The van der Waals surface area contributed by atoms with Gasteiger partial charge < -0.3 is 4.74 Å². The number of halogens is 2. The number of hydrogen-bond donors (Lipinski definition) is 0. The summed E-state index contributed by atoms with van der Waals surface area (Å²) in [4.78, 5) is 17.2. The Morgan fingerprint density at radius 2 is 1.79 bits per heavy atom. The highest BCUT2D eigenvalue weighted by Gasteiger charge is 2.34. The lowest BCUT2D eigenvalue weighted by molar-refractivity contribution is 0.126. The molecule has 9 heteroatoms. The fraction of sp³-hybridized carbons (Fsp3) is 0.292. The molecule has 3 aromatic rings. The third-order valence-electron chi connectivity index (χ3n) is 5.91. The first-order valence-corrected chi connectivity index (χ1v) is 10.8. The molecule has 0 aliphatic carbocycles. The smallest absolute Gasteiger partial charge is 0.414 e. The van der Waals surface area contributed by atoms with Gasteiger partial charge in [-0.15, -0.1) is 0 Å². The van der Waals surface area contributed by atoms with Gasteiger partial charge in [-0.25, -0.2) is 13.6 Å². The summed E-state index contributed by atoms with van der Waals surface area (Å²) in [6.45, 7) is 2.55. The van der Waals surface area contributed by atoms with Gasteiger partial charge in [-0.3, -0.25) is 9.80 Å². The van der Waals surface area contributed by atoms with E-state index in [4.69, 9.17) is 4.74 Å². The largest absolute Gasteiger partial charge is 0.442 e. The molecule has 33 heavy (non-hydrogen) atoms. The van der Waals surface area contributed by atoms with Crippen LogP contribution in [0.3, 0.4) is 0 Å². The second-order valence-electron chi connectivity index (χ2n) is 8.18. The topological polar surface area (TPSA) is 63.5 Å². The Bertz CT molecular complexity index is 1140. The molecule has 5 rings (SSSR count). The molecule has 0 spiro atoms. The monoisotopic (exact) mass is 451 g/mol. The SMILES string of the molecule is O=C1O[C@@H](Cn2nccn2)CN1c1cc(F)c(C2=CCN(Cc3ccccc3)CC2)c(F)c1. The molecular weight excluding hydrogens is 428 g/mol. The number of hydrogen-bond acceptors (Lipinski definition) is 5. The minimum atomic E-state index is -0.683. The van der Waals surface area contributed by atoms with Crippen LogP contribution in [0.4, 0.5) is 19.3 Å². The molecule has 0 bridgehead atoms. The van der Waals surface area contributed by atoms with Gasteiger partial charge in [-0.1, -0.05) is 36.4 Å². The Morgan fingerprint density at radius 1 is 1.06 bits per heavy atom. The van der Waals surface area contributed by atoms with Crippen LogP contribution in [-0.4, -0.2) is 51.7 Å². The minimum Gasteiger partial charge on any atom is -0.442 e. The number of rotatable bonds is 6. The Morgan fingerprint density at radius 3 is 2.45 bits per heavy atom. The molecule has 1 amide bonds. The van der Waals surface area contributed by atoms with Crippen LogP contribution < -0.4 is 4.90 Å². The van der Waals surface area contributed by atoms with E-state index in [1.807, 2.05) is 24.3 Å². The summed E-state index contributed by atoms with van der Waals surface area (Å²) >= 11 is 0. The molecule has 1 atom stereocenters. The Kier molecular flexibility index (Phi) is 5.87. The number of ether oxygens (including phenoxy) is 1. The van der Waals surface area contributed by atoms with Crippen LogP contribution in [0.15, 0.2) is 60.9 Å². The standard InChI is InChI=1S/C24H23F2N5O2/c25-21-12-19(30-15-20(33-24(30)32)16-31-27-8-9-28-31)13-22(26)23(21)18-6-10-29(11-7-18)14-17-4-2-1-3-5-17/h1-6,8-9,12-13,20H,7,10-11,14-16H2/t20-/m1/s1. The lowest BCUT2D eigenvalue weighted by atomic mass is 9.97. The second kappa shape index (κ2) is 9.11. The highest BCUT2D eigenvalue weighted by molar-refractivity contribution is 5.90. The van der Waals surface area contributed by atoms with Crippen molar-refractivity contribution >= 4 is 17.4 Å². The maximum Gasteiger partial charge on any atom is 0.414 e. The number of anilines is 1. The zero-order chi connectivity index (χ0) is 22.8. The molecule has 0 unspecified atom stereocenters. The van der Waals surface area contributed by atoms with Gasteiger partial charge in [0.1, 0.15) is 17.7 Å². The zero-order valence-corrected chi connectivity index (χ0v) is 17.9. The molecule has 2 aromatic carbocycles. The van der Waals surface area contributed by atoms with Gasteiger partial charge in [0.2, 0.25) is 0 Å². The van der Waals surface area contributed by atoms with Crippen LogP contribution in [-0.2, 0) is 17.8 Å². The minimum absolute atomic E-state index is 0.0250. The number of carbonyl (C=O) groups excluding carboxylic acids is 1. The Hall–Kier alpha value is -3.59. The molecule has 1 fully saturated rings. The number of aromatic nitrogens is 3. The van der Waals surface area contributed by atoms with E-state index in [9.17, 15) is 4.79 Å². The summed E-state index contributed by atoms with van der Waals surface area (Å²) in [5.74, 6) is -1.37. The van der Waals surface area contributed by atoms with Gasteiger partial charge in [-0.2, -0.15) is 15.0 Å². The van der Waals surface area contributed by atoms with Gasteiger partial charge in [0.25, 0.3) is 0 Å². The van der Waals surface area contributed by atoms with Crippen LogP contribution in [0.5, 0.6) is 0 Å². The maximum atomic E-state index is 15.0. The predicted molar refractivity (Wildman–Crippen MR) is 118 cm³/mol. The first-order chi connectivity index (χ1) is 16.1. The normalized spacial score (nSPS) is 19.0. The van der Waals surface area contributed by atoms with Gasteiger partial charge in [0, 0.05) is 25.2 Å². The molecule has 0 N–H and O–H groups in total. The summed E-state index contributed by atoms with van der Waals surface area (Å²) in [6.07, 6.45) is 4.33. The van der Waals surface area contributed by atoms with Crippen LogP contribution >= 0.6 is 0 Å². The quantitative estimate of drug-likeness (QED) is 0.569. The fourth-order valence-electron chi connectivity index (χ4n) is 4.29. The molecule has 170 valence electrons. The second-order valence-corrected chi connectivity index (χ2v) is 8.18. The van der Waals surface area contributed by atoms with Crippen LogP contribution in [0.2, 0.25) is 0 Å². The van der Waals surface area contributed by atoms with E-state index in [0.717, 1.165) is 6.54 Å². The molecule has 2 aliphatic heterocycles. The third kappa shape index (κ3) is 4.63. The van der Waals surface area contributed by atoms with Gasteiger partial charge in [0.15, 0.2) is 0 Å². The van der Waals surface area contributed by atoms with E-state index in [2.05, 4.69) is 27.2 Å². The Labute approximate surface area is 189 Å². The lowest BCUT2D eigenvalue weighted by Gasteiger charge is -2.27. The molecule has 3 heterocycles. The molecule has 2 aliphatic rings. The highest BCUT2D eigenvalue weighted by Crippen LogP contribution is 2.32. The summed E-state index contributed by atoms with van der Waals surface area (Å²) in [6, 6.07) is 12.5. The average Bonchev–Trinajstić information content (AvgIpc) is 3.45. The molecule has 0 radical (unpaired) electrons. The zero-order valence-electron chi connectivity index (χ0n) is 17.9. The first-order valence-electron chi connectivity index (χ1n) is 10.8. The van der Waals surface area contributed by atoms with Crippen molar-refractivity contribution in [3.05, 3.63) is 83.7 Å². The maximum absolute atomic E-state index is 15.0. The van der Waals surface area contributed by atoms with Crippen molar-refractivity contribution in [1.29, 1.82) is 0 Å². The highest BCUT2D eigenvalue weighted by atomic mass is 19.1. The van der Waals surface area contributed by atoms with Crippen molar-refractivity contribution in [2.24, 2.45) is 0 Å². The van der Waals surface area contributed by atoms with E-state index < -0.39 is 23.8 Å². The summed E-state index contributed by atoms with van der Waals surface area (Å²) < 4.78 is 35.4. The van der Waals surface area contributed by atoms with Crippen molar-refractivity contribution < 1.29 is 18.3 Å². The van der Waals surface area contributed by atoms with Crippen molar-refractivity contribution in [2.45, 2.75) is 25.6 Å². The van der Waals surface area contributed by atoms with Crippen molar-refractivity contribution in [3.63, 3.8) is 0 Å². The molecular formula is C24H23F2N5O2. The number of amides is 1. The fourth-order valence-corrected chi connectivity index (χ4v) is 4.29. The van der Waals surface area contributed by atoms with Crippen molar-refractivity contribution in [1.82, 2.24) is 19.9 Å². The van der Waals surface area contributed by atoms with Crippen LogP contribution in [0.1, 0.15) is 17.5 Å². The van der Waals surface area contributed by atoms with E-state index >= 15 is 8.78 Å². The van der Waals surface area contributed by atoms with Crippen LogP contribution in [0.25, 0.3) is 5.57 Å². The molecule has 0 saturated carbocycles. The number of carbonyl (C=O) groups is 1. The van der Waals surface area contributed by atoms with Gasteiger partial charge in [-0.05, 0) is 29.7 Å². The van der Waals surface area contributed by atoms with E-state index in [1.54, 1.807) is 0 Å². The first kappa shape index (κ1) is 21.3. The van der Waals surface area contributed by atoms with Crippen molar-refractivity contribution in [3.8, 4) is 0 Å². The third-order valence-corrected chi connectivity index (χ3v) is 5.91. The summed E-state index contributed by atoms with van der Waals surface area (Å²) in [7, 11) is 0. The van der Waals surface area contributed by atoms with E-state index in [1.165, 1.54) is 39.8 Å². The van der Waals surface area contributed by atoms with E-state index in [-0.39, 0.29) is 24.3 Å². The van der Waals surface area contributed by atoms with Gasteiger partial charge in [0.05, 0.1) is 31.2 Å². The Balaban J connectivity index is 1.28. The summed E-state index contributed by atoms with van der Waals surface area (Å²) in [5, 5.41) is 7.98. The van der Waals surface area contributed by atoms with E-state index in [0.29, 0.717) is 25.1 Å². The molecule has 1 aromatic heterocycles. The number of cyclic esters (lactones) is 1. The predicted octanol–water partition coefficient (Wildman–Crippen LogP) is 3.87. The number of benzene rings is 2. The summed E-state index contributed by atoms with van der Waals surface area (Å²) in [5.41, 5.74) is 1.96. The molecule has 7 nitrogen and oxygen atoms in total. The molecule has 1 saturated heterocycles.